The van der Waals surface area contributed by atoms with E-state index in [1.807, 2.05) is 0 Å². The van der Waals surface area contributed by atoms with E-state index in [1.165, 1.54) is 0 Å². The van der Waals surface area contributed by atoms with Gasteiger partial charge in [0.2, 0.25) is 0 Å². The van der Waals surface area contributed by atoms with Crippen LogP contribution in [0.2, 0.25) is 0 Å². The summed E-state index contributed by atoms with van der Waals surface area (Å²) in [5, 5.41) is 0. The maximum Gasteiger partial charge on any atom is 0.312 e. The van der Waals surface area contributed by atoms with Crippen LogP contribution in [0.15, 0.2) is 0 Å². The zero-order valence-corrected chi connectivity index (χ0v) is 10.2. The molecule has 0 radical (unpaired) electrons. The molecule has 17 heavy (non-hydrogen) atoms. The molecule has 2 heterocycles. The lowest BCUT2D eigenvalue weighted by molar-refractivity contribution is -0.160. The predicted octanol–water partition coefficient (Wildman–Crippen LogP) is 0.906. The van der Waals surface area contributed by atoms with Crippen molar-refractivity contribution >= 4 is 11.9 Å². The highest BCUT2D eigenvalue weighted by molar-refractivity contribution is 5.84. The summed E-state index contributed by atoms with van der Waals surface area (Å²) < 4.78 is 15.7. The number of esters is 2. The van der Waals surface area contributed by atoms with E-state index >= 15 is 0 Å². The van der Waals surface area contributed by atoms with Gasteiger partial charge in [0.1, 0.15) is 0 Å². The van der Waals surface area contributed by atoms with Crippen LogP contribution in [0.1, 0.15) is 26.7 Å². The zero-order chi connectivity index (χ0) is 12.4. The second kappa shape index (κ2) is 5.04. The fourth-order valence-electron chi connectivity index (χ4n) is 2.75. The highest BCUT2D eigenvalue weighted by atomic mass is 16.6. The average molecular weight is 242 g/mol. The molecular formula is C12H18O5. The summed E-state index contributed by atoms with van der Waals surface area (Å²) in [6.07, 6.45) is 1.30. The minimum atomic E-state index is -0.479. The van der Waals surface area contributed by atoms with E-state index in [4.69, 9.17) is 14.2 Å². The van der Waals surface area contributed by atoms with Gasteiger partial charge in [-0.1, -0.05) is 0 Å². The van der Waals surface area contributed by atoms with Crippen molar-refractivity contribution in [2.45, 2.75) is 38.9 Å². The van der Waals surface area contributed by atoms with E-state index in [-0.39, 0.29) is 24.1 Å². The van der Waals surface area contributed by atoms with Crippen LogP contribution in [-0.4, -0.2) is 37.4 Å². The Morgan fingerprint density at radius 2 is 1.41 bits per heavy atom. The normalized spacial score (nSPS) is 34.7. The van der Waals surface area contributed by atoms with Crippen molar-refractivity contribution in [3.05, 3.63) is 0 Å². The van der Waals surface area contributed by atoms with Crippen molar-refractivity contribution < 1.29 is 23.8 Å². The Labute approximate surface area is 100 Å². The molecular weight excluding hydrogens is 224 g/mol. The van der Waals surface area contributed by atoms with E-state index in [0.717, 1.165) is 12.8 Å². The van der Waals surface area contributed by atoms with Crippen LogP contribution in [0.25, 0.3) is 0 Å². The lowest BCUT2D eigenvalue weighted by Gasteiger charge is -2.24. The Kier molecular flexibility index (Phi) is 3.66. The molecule has 0 unspecified atom stereocenters. The molecule has 5 heteroatoms. The van der Waals surface area contributed by atoms with E-state index in [9.17, 15) is 9.59 Å². The van der Waals surface area contributed by atoms with E-state index in [1.54, 1.807) is 13.8 Å². The number of fused-ring (bicyclic) bond motifs is 2. The number of carbonyl (C=O) groups excluding carboxylic acids is 2. The molecule has 2 fully saturated rings. The van der Waals surface area contributed by atoms with Gasteiger partial charge in [-0.3, -0.25) is 9.59 Å². The summed E-state index contributed by atoms with van der Waals surface area (Å²) in [5.41, 5.74) is 0. The van der Waals surface area contributed by atoms with Crippen molar-refractivity contribution in [3.8, 4) is 0 Å². The van der Waals surface area contributed by atoms with Crippen LogP contribution in [0.4, 0.5) is 0 Å². The first-order valence-corrected chi connectivity index (χ1v) is 6.17. The fourth-order valence-corrected chi connectivity index (χ4v) is 2.75. The van der Waals surface area contributed by atoms with Crippen molar-refractivity contribution in [2.24, 2.45) is 11.8 Å². The van der Waals surface area contributed by atoms with Gasteiger partial charge in [0.15, 0.2) is 0 Å². The molecule has 2 aliphatic heterocycles. The van der Waals surface area contributed by atoms with Gasteiger partial charge in [0.25, 0.3) is 0 Å². The third-order valence-electron chi connectivity index (χ3n) is 3.39. The molecule has 0 amide bonds. The second-order valence-electron chi connectivity index (χ2n) is 4.35. The number of ether oxygens (including phenoxy) is 3. The average Bonchev–Trinajstić information content (AvgIpc) is 2.89. The number of carbonyl (C=O) groups is 2. The molecule has 2 bridgehead atoms. The van der Waals surface area contributed by atoms with Gasteiger partial charge in [-0.05, 0) is 26.7 Å². The summed E-state index contributed by atoms with van der Waals surface area (Å²) in [4.78, 5) is 23.7. The van der Waals surface area contributed by atoms with Crippen LogP contribution in [0, 0.1) is 11.8 Å². The van der Waals surface area contributed by atoms with Gasteiger partial charge >= 0.3 is 11.9 Å². The van der Waals surface area contributed by atoms with Gasteiger partial charge in [0.05, 0.1) is 37.3 Å². The summed E-state index contributed by atoms with van der Waals surface area (Å²) >= 11 is 0. The monoisotopic (exact) mass is 242 g/mol. The summed E-state index contributed by atoms with van der Waals surface area (Å²) in [7, 11) is 0. The quantitative estimate of drug-likeness (QED) is 0.686. The minimum absolute atomic E-state index is 0.173. The molecule has 0 saturated carbocycles. The summed E-state index contributed by atoms with van der Waals surface area (Å²) in [6, 6.07) is 0. The molecule has 0 aromatic heterocycles. The van der Waals surface area contributed by atoms with Crippen LogP contribution >= 0.6 is 0 Å². The van der Waals surface area contributed by atoms with Gasteiger partial charge in [0, 0.05) is 0 Å². The van der Waals surface area contributed by atoms with Gasteiger partial charge < -0.3 is 14.2 Å². The second-order valence-corrected chi connectivity index (χ2v) is 4.35. The molecule has 0 aromatic rings. The lowest BCUT2D eigenvalue weighted by atomic mass is 9.79. The molecule has 5 nitrogen and oxygen atoms in total. The van der Waals surface area contributed by atoms with Crippen LogP contribution in [0.3, 0.4) is 0 Å². The molecule has 0 aliphatic carbocycles. The summed E-state index contributed by atoms with van der Waals surface area (Å²) in [6.45, 7) is 4.15. The Morgan fingerprint density at radius 1 is 1.00 bits per heavy atom. The van der Waals surface area contributed by atoms with Gasteiger partial charge in [-0.25, -0.2) is 0 Å². The van der Waals surface area contributed by atoms with Gasteiger partial charge in [-0.2, -0.15) is 0 Å². The number of hydrogen-bond acceptors (Lipinski definition) is 5. The maximum atomic E-state index is 11.8. The molecule has 4 atom stereocenters. The van der Waals surface area contributed by atoms with Gasteiger partial charge in [-0.15, -0.1) is 0 Å². The first-order chi connectivity index (χ1) is 8.19. The Morgan fingerprint density at radius 3 is 1.76 bits per heavy atom. The SMILES string of the molecule is CCOC(=O)[C@@H]1[C@H](C(=O)OCC)[C@@H]2CC[C@H]1O2. The molecule has 0 spiro atoms. The topological polar surface area (TPSA) is 61.8 Å². The first-order valence-electron chi connectivity index (χ1n) is 6.17. The van der Waals surface area contributed by atoms with Crippen LogP contribution in [0.5, 0.6) is 0 Å². The highest BCUT2D eigenvalue weighted by Crippen LogP contribution is 2.44. The molecule has 2 rings (SSSR count). The smallest absolute Gasteiger partial charge is 0.312 e. The fraction of sp³-hybridized carbons (Fsp3) is 0.833. The molecule has 0 N–H and O–H groups in total. The lowest BCUT2D eigenvalue weighted by Crippen LogP contribution is -2.40. The molecule has 96 valence electrons. The first kappa shape index (κ1) is 12.4. The molecule has 2 saturated heterocycles. The van der Waals surface area contributed by atoms with Crippen molar-refractivity contribution in [2.75, 3.05) is 13.2 Å². The minimum Gasteiger partial charge on any atom is -0.466 e. The van der Waals surface area contributed by atoms with Crippen molar-refractivity contribution in [1.29, 1.82) is 0 Å². The molecule has 0 aromatic carbocycles. The standard InChI is InChI=1S/C12H18O5/c1-3-15-11(13)9-7-5-6-8(17-7)10(9)12(14)16-4-2/h7-10H,3-6H2,1-2H3/t7-,8+,9+,10-. The largest absolute Gasteiger partial charge is 0.466 e. The Balaban J connectivity index is 2.11. The van der Waals surface area contributed by atoms with Crippen LogP contribution in [-0.2, 0) is 23.8 Å². The number of rotatable bonds is 4. The number of hydrogen-bond donors (Lipinski definition) is 0. The van der Waals surface area contributed by atoms with Crippen molar-refractivity contribution in [1.82, 2.24) is 0 Å². The van der Waals surface area contributed by atoms with E-state index in [2.05, 4.69) is 0 Å². The van der Waals surface area contributed by atoms with E-state index in [0.29, 0.717) is 13.2 Å². The van der Waals surface area contributed by atoms with Crippen molar-refractivity contribution in [3.63, 3.8) is 0 Å². The maximum absolute atomic E-state index is 11.8. The predicted molar refractivity (Wildman–Crippen MR) is 58.1 cm³/mol. The molecule has 2 aliphatic rings. The Bertz CT molecular complexity index is 284. The highest BCUT2D eigenvalue weighted by Gasteiger charge is 2.56. The Hall–Kier alpha value is -1.10. The zero-order valence-electron chi connectivity index (χ0n) is 10.2. The third kappa shape index (κ3) is 2.16. The van der Waals surface area contributed by atoms with Crippen LogP contribution < -0.4 is 0 Å². The summed E-state index contributed by atoms with van der Waals surface area (Å²) in [5.74, 6) is -1.63. The van der Waals surface area contributed by atoms with E-state index < -0.39 is 11.8 Å². The third-order valence-corrected chi connectivity index (χ3v) is 3.39.